The lowest BCUT2D eigenvalue weighted by Crippen LogP contribution is -2.29. The summed E-state index contributed by atoms with van der Waals surface area (Å²) in [4.78, 5) is 3.11. The van der Waals surface area contributed by atoms with Crippen LogP contribution in [0.4, 0.5) is 5.69 Å². The van der Waals surface area contributed by atoms with E-state index >= 15 is 0 Å². The average Bonchev–Trinajstić information content (AvgIpc) is 2.94. The van der Waals surface area contributed by atoms with Crippen molar-refractivity contribution in [2.75, 3.05) is 10.8 Å². The van der Waals surface area contributed by atoms with E-state index in [-0.39, 0.29) is 11.4 Å². The van der Waals surface area contributed by atoms with Crippen molar-refractivity contribution >= 4 is 15.7 Å². The number of benzene rings is 2. The van der Waals surface area contributed by atoms with E-state index in [0.717, 1.165) is 23.1 Å². The van der Waals surface area contributed by atoms with Crippen molar-refractivity contribution in [3.8, 4) is 0 Å². The van der Waals surface area contributed by atoms with Crippen LogP contribution in [0.1, 0.15) is 29.7 Å². The number of azide groups is 1. The zero-order valence-electron chi connectivity index (χ0n) is 13.5. The molecule has 1 heterocycles. The van der Waals surface area contributed by atoms with Crippen molar-refractivity contribution in [2.45, 2.75) is 31.2 Å². The van der Waals surface area contributed by atoms with Crippen LogP contribution < -0.4 is 4.31 Å². The Morgan fingerprint density at radius 3 is 2.58 bits per heavy atom. The van der Waals surface area contributed by atoms with Crippen molar-refractivity contribution in [1.82, 2.24) is 0 Å². The molecule has 0 spiro atoms. The van der Waals surface area contributed by atoms with E-state index in [9.17, 15) is 8.42 Å². The molecule has 1 atom stereocenters. The monoisotopic (exact) mass is 342 g/mol. The summed E-state index contributed by atoms with van der Waals surface area (Å²) in [6.07, 6.45) is 0.834. The maximum Gasteiger partial charge on any atom is 0.264 e. The molecule has 24 heavy (non-hydrogen) atoms. The highest BCUT2D eigenvalue weighted by atomic mass is 32.2. The van der Waals surface area contributed by atoms with E-state index in [1.165, 1.54) is 4.31 Å². The Morgan fingerprint density at radius 2 is 1.96 bits per heavy atom. The molecule has 1 aliphatic rings. The summed E-state index contributed by atoms with van der Waals surface area (Å²) in [5, 5.41) is 3.79. The molecule has 0 fully saturated rings. The highest BCUT2D eigenvalue weighted by Crippen LogP contribution is 2.41. The third kappa shape index (κ3) is 2.72. The number of nitrogens with zero attached hydrogens (tertiary/aromatic N) is 4. The van der Waals surface area contributed by atoms with Gasteiger partial charge in [-0.2, -0.15) is 0 Å². The van der Waals surface area contributed by atoms with Gasteiger partial charge in [0.15, 0.2) is 0 Å². The van der Waals surface area contributed by atoms with Crippen LogP contribution in [0.5, 0.6) is 0 Å². The Hall–Kier alpha value is -2.50. The molecule has 7 heteroatoms. The molecule has 2 aromatic carbocycles. The minimum atomic E-state index is -3.69. The lowest BCUT2D eigenvalue weighted by molar-refractivity contribution is 0.589. The quantitative estimate of drug-likeness (QED) is 0.475. The molecule has 3 rings (SSSR count). The predicted molar refractivity (Wildman–Crippen MR) is 93.4 cm³/mol. The van der Waals surface area contributed by atoms with Gasteiger partial charge in [0.25, 0.3) is 10.0 Å². The van der Waals surface area contributed by atoms with Crippen molar-refractivity contribution < 1.29 is 8.42 Å². The normalized spacial score (nSPS) is 16.6. The Balaban J connectivity index is 2.10. The Kier molecular flexibility index (Phi) is 4.22. The Labute approximate surface area is 141 Å². The fourth-order valence-electron chi connectivity index (χ4n) is 2.90. The average molecular weight is 342 g/mol. The standard InChI is InChI=1S/C17H18N4O2S/c1-3-13-6-9-17-15(10-13)16(19-20-18)11-21(17)24(22,23)14-7-4-12(2)5-8-14/h4-10,16H,3,11H2,1-2H3. The zero-order valence-corrected chi connectivity index (χ0v) is 14.4. The highest BCUT2D eigenvalue weighted by Gasteiger charge is 2.36. The van der Waals surface area contributed by atoms with Gasteiger partial charge in [-0.3, -0.25) is 4.31 Å². The maximum atomic E-state index is 13.0. The third-order valence-electron chi connectivity index (χ3n) is 4.27. The van der Waals surface area contributed by atoms with E-state index in [1.54, 1.807) is 30.3 Å². The largest absolute Gasteiger partial charge is 0.265 e. The summed E-state index contributed by atoms with van der Waals surface area (Å²) in [5.41, 5.74) is 12.2. The zero-order chi connectivity index (χ0) is 17.3. The van der Waals surface area contributed by atoms with Crippen molar-refractivity contribution in [2.24, 2.45) is 5.11 Å². The topological polar surface area (TPSA) is 86.1 Å². The van der Waals surface area contributed by atoms with Crippen molar-refractivity contribution in [1.29, 1.82) is 0 Å². The van der Waals surface area contributed by atoms with Gasteiger partial charge >= 0.3 is 0 Å². The fourth-order valence-corrected chi connectivity index (χ4v) is 4.39. The predicted octanol–water partition coefficient (Wildman–Crippen LogP) is 4.12. The molecule has 0 saturated carbocycles. The number of aryl methyl sites for hydroxylation is 2. The number of fused-ring (bicyclic) bond motifs is 1. The molecule has 0 amide bonds. The molecule has 6 nitrogen and oxygen atoms in total. The first-order valence-electron chi connectivity index (χ1n) is 7.74. The van der Waals surface area contributed by atoms with Gasteiger partial charge in [-0.15, -0.1) is 0 Å². The van der Waals surface area contributed by atoms with E-state index in [1.807, 2.05) is 26.0 Å². The van der Waals surface area contributed by atoms with Gasteiger partial charge in [0.1, 0.15) is 0 Å². The summed E-state index contributed by atoms with van der Waals surface area (Å²) in [6, 6.07) is 11.9. The molecule has 0 aliphatic carbocycles. The molecule has 0 bridgehead atoms. The third-order valence-corrected chi connectivity index (χ3v) is 6.06. The summed E-state index contributed by atoms with van der Waals surface area (Å²) < 4.78 is 27.3. The second-order valence-electron chi connectivity index (χ2n) is 5.82. The molecule has 0 aromatic heterocycles. The van der Waals surface area contributed by atoms with Crippen LogP contribution in [-0.2, 0) is 16.4 Å². The Bertz CT molecular complexity index is 916. The molecule has 0 N–H and O–H groups in total. The van der Waals surface area contributed by atoms with Crippen LogP contribution in [0, 0.1) is 6.92 Å². The van der Waals surface area contributed by atoms with Crippen LogP contribution >= 0.6 is 0 Å². The summed E-state index contributed by atoms with van der Waals surface area (Å²) in [5.74, 6) is 0. The van der Waals surface area contributed by atoms with Crippen LogP contribution in [0.3, 0.4) is 0 Å². The van der Waals surface area contributed by atoms with Gasteiger partial charge in [0, 0.05) is 11.5 Å². The van der Waals surface area contributed by atoms with Gasteiger partial charge < -0.3 is 0 Å². The minimum absolute atomic E-state index is 0.128. The summed E-state index contributed by atoms with van der Waals surface area (Å²) >= 11 is 0. The molecular formula is C17H18N4O2S. The number of rotatable bonds is 4. The van der Waals surface area contributed by atoms with Crippen molar-refractivity contribution in [3.05, 3.63) is 69.6 Å². The molecule has 2 aromatic rings. The van der Waals surface area contributed by atoms with Gasteiger partial charge in [-0.05, 0) is 48.2 Å². The Morgan fingerprint density at radius 1 is 1.25 bits per heavy atom. The van der Waals surface area contributed by atoms with E-state index in [0.29, 0.717) is 5.69 Å². The lowest BCUT2D eigenvalue weighted by atomic mass is 10.0. The first-order chi connectivity index (χ1) is 11.5. The van der Waals surface area contributed by atoms with Gasteiger partial charge in [0.05, 0.1) is 16.6 Å². The number of anilines is 1. The molecule has 124 valence electrons. The van der Waals surface area contributed by atoms with Gasteiger partial charge in [0.2, 0.25) is 0 Å². The molecule has 0 radical (unpaired) electrons. The fraction of sp³-hybridized carbons (Fsp3) is 0.294. The SMILES string of the molecule is CCc1ccc2c(c1)C(N=[N+]=[N-])CN2S(=O)(=O)c1ccc(C)cc1. The summed E-state index contributed by atoms with van der Waals surface area (Å²) in [6.45, 7) is 4.06. The highest BCUT2D eigenvalue weighted by molar-refractivity contribution is 7.92. The van der Waals surface area contributed by atoms with E-state index in [2.05, 4.69) is 10.0 Å². The van der Waals surface area contributed by atoms with Crippen LogP contribution in [0.2, 0.25) is 0 Å². The minimum Gasteiger partial charge on any atom is -0.265 e. The second kappa shape index (κ2) is 6.19. The second-order valence-corrected chi connectivity index (χ2v) is 7.68. The van der Waals surface area contributed by atoms with E-state index in [4.69, 9.17) is 5.53 Å². The molecule has 1 unspecified atom stereocenters. The van der Waals surface area contributed by atoms with Crippen LogP contribution in [-0.4, -0.2) is 15.0 Å². The first kappa shape index (κ1) is 16.4. The first-order valence-corrected chi connectivity index (χ1v) is 9.18. The van der Waals surface area contributed by atoms with Crippen molar-refractivity contribution in [3.63, 3.8) is 0 Å². The smallest absolute Gasteiger partial charge is 0.264 e. The van der Waals surface area contributed by atoms with Gasteiger partial charge in [-0.25, -0.2) is 8.42 Å². The van der Waals surface area contributed by atoms with Crippen LogP contribution in [0.15, 0.2) is 52.5 Å². The number of hydrogen-bond acceptors (Lipinski definition) is 3. The molecular weight excluding hydrogens is 324 g/mol. The van der Waals surface area contributed by atoms with Crippen LogP contribution in [0.25, 0.3) is 10.4 Å². The number of hydrogen-bond donors (Lipinski definition) is 0. The van der Waals surface area contributed by atoms with Gasteiger partial charge in [-0.1, -0.05) is 41.9 Å². The lowest BCUT2D eigenvalue weighted by Gasteiger charge is -2.20. The van der Waals surface area contributed by atoms with E-state index < -0.39 is 16.1 Å². The number of sulfonamides is 1. The molecule has 0 saturated heterocycles. The maximum absolute atomic E-state index is 13.0. The molecule has 1 aliphatic heterocycles. The summed E-state index contributed by atoms with van der Waals surface area (Å²) in [7, 11) is -3.69.